The van der Waals surface area contributed by atoms with Crippen LogP contribution in [0, 0.1) is 0 Å². The highest BCUT2D eigenvalue weighted by Crippen LogP contribution is 2.44. The quantitative estimate of drug-likeness (QED) is 0.259. The maximum atomic E-state index is 13.5. The monoisotopic (exact) mass is 588 g/mol. The zero-order valence-electron chi connectivity index (χ0n) is 24.7. The van der Waals surface area contributed by atoms with Gasteiger partial charge in [0.05, 0.1) is 11.1 Å². The van der Waals surface area contributed by atoms with Crippen LogP contribution in [-0.2, 0) is 26.2 Å². The number of hydrogen-bond donors (Lipinski definition) is 1. The van der Waals surface area contributed by atoms with Crippen LogP contribution in [0.3, 0.4) is 0 Å². The van der Waals surface area contributed by atoms with Crippen molar-refractivity contribution in [3.8, 4) is 11.1 Å². The molecule has 1 atom stereocenters. The number of alkyl carbamates (subject to hydrolysis) is 1. The van der Waals surface area contributed by atoms with Crippen molar-refractivity contribution in [3.63, 3.8) is 0 Å². The van der Waals surface area contributed by atoms with Gasteiger partial charge in [-0.15, -0.1) is 0 Å². The third-order valence-corrected chi connectivity index (χ3v) is 8.12. The Labute approximate surface area is 255 Å². The summed E-state index contributed by atoms with van der Waals surface area (Å²) in [5.41, 5.74) is 6.38. The van der Waals surface area contributed by atoms with Crippen LogP contribution in [0.4, 0.5) is 4.79 Å². The van der Waals surface area contributed by atoms with Crippen molar-refractivity contribution in [1.29, 1.82) is 0 Å². The molecule has 0 aromatic heterocycles. The zero-order chi connectivity index (χ0) is 31.0. The van der Waals surface area contributed by atoms with Crippen molar-refractivity contribution in [2.45, 2.75) is 44.6 Å². The summed E-state index contributed by atoms with van der Waals surface area (Å²) in [6, 6.07) is 28.7. The van der Waals surface area contributed by atoms with E-state index in [1.54, 1.807) is 12.1 Å². The lowest BCUT2D eigenvalue weighted by atomic mass is 9.86. The van der Waals surface area contributed by atoms with E-state index in [4.69, 9.17) is 9.57 Å². The Morgan fingerprint density at radius 1 is 0.750 bits per heavy atom. The van der Waals surface area contributed by atoms with Gasteiger partial charge in [-0.05, 0) is 50.9 Å². The maximum Gasteiger partial charge on any atom is 0.407 e. The van der Waals surface area contributed by atoms with Crippen molar-refractivity contribution in [3.05, 3.63) is 130 Å². The van der Waals surface area contributed by atoms with E-state index in [0.717, 1.165) is 33.4 Å². The van der Waals surface area contributed by atoms with Crippen LogP contribution >= 0.6 is 0 Å². The molecule has 0 saturated carbocycles. The molecule has 6 rings (SSSR count). The van der Waals surface area contributed by atoms with E-state index in [0.29, 0.717) is 5.06 Å². The van der Waals surface area contributed by atoms with E-state index >= 15 is 0 Å². The average molecular weight is 589 g/mol. The van der Waals surface area contributed by atoms with Crippen LogP contribution in [0.25, 0.3) is 11.1 Å². The number of amides is 3. The molecule has 8 heteroatoms. The Morgan fingerprint density at radius 2 is 1.25 bits per heavy atom. The second kappa shape index (κ2) is 11.4. The van der Waals surface area contributed by atoms with E-state index in [2.05, 4.69) is 26.1 Å². The minimum atomic E-state index is -1.24. The zero-order valence-corrected chi connectivity index (χ0v) is 24.7. The number of nitrogens with zero attached hydrogens (tertiary/aromatic N) is 1. The Hall–Kier alpha value is -5.24. The number of imide groups is 1. The molecule has 1 N–H and O–H groups in total. The SMILES string of the molecule is CC(C)(C)c1ccc(C[C@H](NC(=O)OCC2c3ccccc3-c3ccccc32)C(=O)ON2C(=O)c3ccccc3C2=O)cc1. The predicted molar refractivity (Wildman–Crippen MR) is 164 cm³/mol. The fourth-order valence-corrected chi connectivity index (χ4v) is 5.76. The lowest BCUT2D eigenvalue weighted by molar-refractivity contribution is -0.171. The highest BCUT2D eigenvalue weighted by atomic mass is 16.7. The van der Waals surface area contributed by atoms with Crippen LogP contribution in [0.5, 0.6) is 0 Å². The highest BCUT2D eigenvalue weighted by Gasteiger charge is 2.40. The van der Waals surface area contributed by atoms with Gasteiger partial charge in [0.15, 0.2) is 0 Å². The molecule has 1 aliphatic carbocycles. The molecule has 0 spiro atoms. The smallest absolute Gasteiger partial charge is 0.407 e. The molecule has 1 heterocycles. The van der Waals surface area contributed by atoms with Gasteiger partial charge in [0.25, 0.3) is 11.8 Å². The van der Waals surface area contributed by atoms with E-state index in [1.165, 1.54) is 12.1 Å². The maximum absolute atomic E-state index is 13.5. The number of rotatable bonds is 7. The Kier molecular flexibility index (Phi) is 7.51. The first-order valence-electron chi connectivity index (χ1n) is 14.5. The molecule has 0 saturated heterocycles. The summed E-state index contributed by atoms with van der Waals surface area (Å²) < 4.78 is 5.68. The first-order valence-corrected chi connectivity index (χ1v) is 14.5. The number of carbonyl (C=O) groups excluding carboxylic acids is 4. The molecule has 4 aromatic rings. The molecule has 8 nitrogen and oxygen atoms in total. The highest BCUT2D eigenvalue weighted by molar-refractivity contribution is 6.21. The second-order valence-corrected chi connectivity index (χ2v) is 12.0. The van der Waals surface area contributed by atoms with Crippen LogP contribution < -0.4 is 5.32 Å². The molecule has 1 aliphatic heterocycles. The lowest BCUT2D eigenvalue weighted by Gasteiger charge is -2.22. The predicted octanol–water partition coefficient (Wildman–Crippen LogP) is 6.19. The van der Waals surface area contributed by atoms with Gasteiger partial charge in [0.1, 0.15) is 12.6 Å². The van der Waals surface area contributed by atoms with E-state index in [1.807, 2.05) is 72.8 Å². The van der Waals surface area contributed by atoms with Crippen molar-refractivity contribution < 1.29 is 28.8 Å². The van der Waals surface area contributed by atoms with E-state index in [9.17, 15) is 19.2 Å². The number of carbonyl (C=O) groups is 4. The number of fused-ring (bicyclic) bond motifs is 4. The summed E-state index contributed by atoms with van der Waals surface area (Å²) in [5.74, 6) is -2.61. The van der Waals surface area contributed by atoms with Gasteiger partial charge in [0, 0.05) is 12.3 Å². The first kappa shape index (κ1) is 28.9. The summed E-state index contributed by atoms with van der Waals surface area (Å²) in [6.45, 7) is 6.36. The largest absolute Gasteiger partial charge is 0.449 e. The van der Waals surface area contributed by atoms with Gasteiger partial charge in [-0.1, -0.05) is 111 Å². The molecule has 4 aromatic carbocycles. The van der Waals surface area contributed by atoms with Gasteiger partial charge >= 0.3 is 12.1 Å². The number of hydroxylamine groups is 2. The number of benzene rings is 4. The Balaban J connectivity index is 1.19. The van der Waals surface area contributed by atoms with Crippen LogP contribution in [-0.4, -0.2) is 41.6 Å². The third kappa shape index (κ3) is 5.46. The van der Waals surface area contributed by atoms with Crippen molar-refractivity contribution in [2.24, 2.45) is 0 Å². The molecule has 2 aliphatic rings. The molecular weight excluding hydrogens is 556 g/mol. The minimum absolute atomic E-state index is 0.0522. The number of hydrogen-bond acceptors (Lipinski definition) is 6. The van der Waals surface area contributed by atoms with E-state index < -0.39 is 29.9 Å². The topological polar surface area (TPSA) is 102 Å². The van der Waals surface area contributed by atoms with E-state index in [-0.39, 0.29) is 35.5 Å². The van der Waals surface area contributed by atoms with Crippen molar-refractivity contribution in [2.75, 3.05) is 6.61 Å². The summed E-state index contributed by atoms with van der Waals surface area (Å²) in [5, 5.41) is 3.07. The van der Waals surface area contributed by atoms with Crippen LogP contribution in [0.1, 0.15) is 69.7 Å². The molecule has 0 unspecified atom stereocenters. The fraction of sp³-hybridized carbons (Fsp3) is 0.222. The van der Waals surface area contributed by atoms with Gasteiger partial charge in [-0.3, -0.25) is 9.59 Å². The summed E-state index contributed by atoms with van der Waals surface area (Å²) in [7, 11) is 0. The fourth-order valence-electron chi connectivity index (χ4n) is 5.76. The summed E-state index contributed by atoms with van der Waals surface area (Å²) >= 11 is 0. The molecule has 0 fully saturated rings. The van der Waals surface area contributed by atoms with Gasteiger partial charge in [-0.25, -0.2) is 9.59 Å². The molecule has 0 bridgehead atoms. The van der Waals surface area contributed by atoms with Gasteiger partial charge < -0.3 is 14.9 Å². The van der Waals surface area contributed by atoms with Crippen molar-refractivity contribution >= 4 is 23.9 Å². The molecule has 0 radical (unpaired) electrons. The molecule has 222 valence electrons. The van der Waals surface area contributed by atoms with Gasteiger partial charge in [0.2, 0.25) is 0 Å². The van der Waals surface area contributed by atoms with Crippen molar-refractivity contribution in [1.82, 2.24) is 10.4 Å². The average Bonchev–Trinajstić information content (AvgIpc) is 3.46. The lowest BCUT2D eigenvalue weighted by Crippen LogP contribution is -2.47. The van der Waals surface area contributed by atoms with Crippen LogP contribution in [0.15, 0.2) is 97.1 Å². The Bertz CT molecular complexity index is 1690. The minimum Gasteiger partial charge on any atom is -0.449 e. The second-order valence-electron chi connectivity index (χ2n) is 12.0. The summed E-state index contributed by atoms with van der Waals surface area (Å²) in [4.78, 5) is 57.6. The first-order chi connectivity index (χ1) is 21.1. The molecule has 3 amide bonds. The Morgan fingerprint density at radius 3 is 1.77 bits per heavy atom. The van der Waals surface area contributed by atoms with Crippen LogP contribution in [0.2, 0.25) is 0 Å². The molecular formula is C36H32N2O6. The number of nitrogens with one attached hydrogen (secondary N) is 1. The van der Waals surface area contributed by atoms with Gasteiger partial charge in [-0.2, -0.15) is 0 Å². The standard InChI is InChI=1S/C36H32N2O6/c1-36(2,3)23-18-16-22(17-19-23)20-31(34(41)44-38-32(39)28-14-8-9-15-29(28)33(38)40)37-35(42)43-21-30-26-12-6-4-10-24(26)25-11-5-7-13-27(25)30/h4-19,30-31H,20-21H2,1-3H3,(H,37,42)/t31-/m0/s1. The molecule has 44 heavy (non-hydrogen) atoms. The summed E-state index contributed by atoms with van der Waals surface area (Å²) in [6.07, 6.45) is -0.765. The third-order valence-electron chi connectivity index (χ3n) is 8.12. The normalized spacial score (nSPS) is 14.5. The number of ether oxygens (including phenoxy) is 1.